The van der Waals surface area contributed by atoms with E-state index in [0.29, 0.717) is 13.1 Å². The molecule has 0 fully saturated rings. The minimum absolute atomic E-state index is 0.0135. The van der Waals surface area contributed by atoms with Crippen molar-refractivity contribution in [3.63, 3.8) is 0 Å². The van der Waals surface area contributed by atoms with Gasteiger partial charge in [-0.3, -0.25) is 4.79 Å². The summed E-state index contributed by atoms with van der Waals surface area (Å²) >= 11 is 0. The molecule has 2 N–H and O–H groups in total. The summed E-state index contributed by atoms with van der Waals surface area (Å²) in [6.07, 6.45) is 3.28. The molecule has 1 rings (SSSR count). The molecule has 1 aromatic rings. The predicted octanol–water partition coefficient (Wildman–Crippen LogP) is -0.413. The van der Waals surface area contributed by atoms with E-state index in [1.54, 1.807) is 12.5 Å². The van der Waals surface area contributed by atoms with Crippen molar-refractivity contribution >= 4 is 5.91 Å². The van der Waals surface area contributed by atoms with E-state index in [-0.39, 0.29) is 5.91 Å². The SMILES string of the molecule is CN(C)CC(=O)NCc1cnc[nH]1. The molecule has 0 spiro atoms. The van der Waals surface area contributed by atoms with Crippen molar-refractivity contribution in [3.05, 3.63) is 18.2 Å². The molecular formula is C8H14N4O. The third kappa shape index (κ3) is 3.71. The monoisotopic (exact) mass is 182 g/mol. The predicted molar refractivity (Wildman–Crippen MR) is 49.0 cm³/mol. The number of carbonyl (C=O) groups is 1. The van der Waals surface area contributed by atoms with Crippen molar-refractivity contribution in [1.82, 2.24) is 20.2 Å². The van der Waals surface area contributed by atoms with Crippen molar-refractivity contribution in [2.24, 2.45) is 0 Å². The van der Waals surface area contributed by atoms with E-state index in [1.807, 2.05) is 19.0 Å². The maximum Gasteiger partial charge on any atom is 0.234 e. The molecule has 1 amide bonds. The molecule has 1 aromatic heterocycles. The fraction of sp³-hybridized carbons (Fsp3) is 0.500. The summed E-state index contributed by atoms with van der Waals surface area (Å²) in [5, 5.41) is 2.76. The Balaban J connectivity index is 2.23. The molecule has 0 aromatic carbocycles. The number of likely N-dealkylation sites (N-methyl/N-ethyl adjacent to an activating group) is 1. The van der Waals surface area contributed by atoms with Crippen LogP contribution in [0.2, 0.25) is 0 Å². The first-order chi connectivity index (χ1) is 6.18. The van der Waals surface area contributed by atoms with Crippen LogP contribution in [0.15, 0.2) is 12.5 Å². The zero-order valence-electron chi connectivity index (χ0n) is 7.87. The van der Waals surface area contributed by atoms with E-state index < -0.39 is 0 Å². The molecule has 5 nitrogen and oxygen atoms in total. The van der Waals surface area contributed by atoms with Crippen LogP contribution in [0.25, 0.3) is 0 Å². The number of aromatic nitrogens is 2. The molecule has 13 heavy (non-hydrogen) atoms. The van der Waals surface area contributed by atoms with Gasteiger partial charge in [-0.25, -0.2) is 4.98 Å². The van der Waals surface area contributed by atoms with Gasteiger partial charge < -0.3 is 15.2 Å². The van der Waals surface area contributed by atoms with Crippen molar-refractivity contribution in [3.8, 4) is 0 Å². The van der Waals surface area contributed by atoms with Crippen LogP contribution in [0, 0.1) is 0 Å². The largest absolute Gasteiger partial charge is 0.349 e. The Morgan fingerprint density at radius 1 is 1.69 bits per heavy atom. The summed E-state index contributed by atoms with van der Waals surface area (Å²) in [7, 11) is 3.71. The van der Waals surface area contributed by atoms with Crippen LogP contribution in [0.3, 0.4) is 0 Å². The molecule has 0 aliphatic heterocycles. The van der Waals surface area contributed by atoms with Gasteiger partial charge >= 0.3 is 0 Å². The highest BCUT2D eigenvalue weighted by atomic mass is 16.1. The summed E-state index contributed by atoms with van der Waals surface area (Å²) in [6, 6.07) is 0. The Kier molecular flexibility index (Phi) is 3.45. The highest BCUT2D eigenvalue weighted by Crippen LogP contribution is 1.88. The summed E-state index contributed by atoms with van der Waals surface area (Å²) in [5.74, 6) is 0.0135. The van der Waals surface area contributed by atoms with Crippen LogP contribution in [-0.4, -0.2) is 41.4 Å². The smallest absolute Gasteiger partial charge is 0.234 e. The quantitative estimate of drug-likeness (QED) is 0.665. The number of nitrogens with zero attached hydrogens (tertiary/aromatic N) is 2. The third-order valence-corrected chi connectivity index (χ3v) is 1.49. The Morgan fingerprint density at radius 2 is 2.46 bits per heavy atom. The van der Waals surface area contributed by atoms with Gasteiger partial charge in [-0.15, -0.1) is 0 Å². The van der Waals surface area contributed by atoms with E-state index in [2.05, 4.69) is 15.3 Å². The summed E-state index contributed by atoms with van der Waals surface area (Å²) in [6.45, 7) is 0.917. The molecular weight excluding hydrogens is 168 g/mol. The molecule has 0 bridgehead atoms. The van der Waals surface area contributed by atoms with Crippen LogP contribution in [0.1, 0.15) is 5.69 Å². The second-order valence-corrected chi connectivity index (χ2v) is 3.09. The number of hydrogen-bond donors (Lipinski definition) is 2. The van der Waals surface area contributed by atoms with E-state index >= 15 is 0 Å². The first kappa shape index (κ1) is 9.73. The summed E-state index contributed by atoms with van der Waals surface area (Å²) < 4.78 is 0. The number of nitrogens with one attached hydrogen (secondary N) is 2. The molecule has 72 valence electrons. The molecule has 1 heterocycles. The fourth-order valence-corrected chi connectivity index (χ4v) is 0.918. The average Bonchev–Trinajstić information content (AvgIpc) is 2.51. The number of amides is 1. The zero-order chi connectivity index (χ0) is 9.68. The van der Waals surface area contributed by atoms with Crippen molar-refractivity contribution in [2.45, 2.75) is 6.54 Å². The van der Waals surface area contributed by atoms with Gasteiger partial charge in [0.2, 0.25) is 5.91 Å². The third-order valence-electron chi connectivity index (χ3n) is 1.49. The molecule has 0 radical (unpaired) electrons. The maximum atomic E-state index is 11.2. The second-order valence-electron chi connectivity index (χ2n) is 3.09. The normalized spacial score (nSPS) is 10.4. The molecule has 5 heteroatoms. The van der Waals surface area contributed by atoms with Gasteiger partial charge in [0.15, 0.2) is 0 Å². The highest BCUT2D eigenvalue weighted by Gasteiger charge is 2.02. The number of H-pyrrole nitrogens is 1. The topological polar surface area (TPSA) is 61.0 Å². The van der Waals surface area contributed by atoms with Gasteiger partial charge in [-0.2, -0.15) is 0 Å². The lowest BCUT2D eigenvalue weighted by molar-refractivity contribution is -0.121. The van der Waals surface area contributed by atoms with E-state index in [1.165, 1.54) is 0 Å². The standard InChI is InChI=1S/C8H14N4O/c1-12(2)5-8(13)10-4-7-3-9-6-11-7/h3,6H,4-5H2,1-2H3,(H,9,11)(H,10,13). The summed E-state index contributed by atoms with van der Waals surface area (Å²) in [5.41, 5.74) is 0.909. The highest BCUT2D eigenvalue weighted by molar-refractivity contribution is 5.77. The maximum absolute atomic E-state index is 11.2. The van der Waals surface area contributed by atoms with Gasteiger partial charge in [-0.05, 0) is 14.1 Å². The molecule has 0 atom stereocenters. The number of aromatic amines is 1. The van der Waals surface area contributed by atoms with Crippen LogP contribution >= 0.6 is 0 Å². The van der Waals surface area contributed by atoms with Gasteiger partial charge in [0.25, 0.3) is 0 Å². The lowest BCUT2D eigenvalue weighted by Crippen LogP contribution is -2.32. The van der Waals surface area contributed by atoms with Crippen LogP contribution in [0.4, 0.5) is 0 Å². The van der Waals surface area contributed by atoms with Gasteiger partial charge in [0.1, 0.15) is 0 Å². The summed E-state index contributed by atoms with van der Waals surface area (Å²) in [4.78, 5) is 19.7. The molecule has 0 aliphatic carbocycles. The zero-order valence-corrected chi connectivity index (χ0v) is 7.87. The van der Waals surface area contributed by atoms with E-state index in [4.69, 9.17) is 0 Å². The van der Waals surface area contributed by atoms with Crippen molar-refractivity contribution in [2.75, 3.05) is 20.6 Å². The Morgan fingerprint density at radius 3 is 3.00 bits per heavy atom. The average molecular weight is 182 g/mol. The van der Waals surface area contributed by atoms with Crippen LogP contribution < -0.4 is 5.32 Å². The molecule has 0 aliphatic rings. The minimum atomic E-state index is 0.0135. The van der Waals surface area contributed by atoms with Crippen LogP contribution in [-0.2, 0) is 11.3 Å². The number of carbonyl (C=O) groups excluding carboxylic acids is 1. The van der Waals surface area contributed by atoms with Crippen molar-refractivity contribution < 1.29 is 4.79 Å². The lowest BCUT2D eigenvalue weighted by atomic mass is 10.4. The Labute approximate surface area is 77.2 Å². The van der Waals surface area contributed by atoms with E-state index in [9.17, 15) is 4.79 Å². The number of hydrogen-bond acceptors (Lipinski definition) is 3. The first-order valence-corrected chi connectivity index (χ1v) is 4.07. The van der Waals surface area contributed by atoms with E-state index in [0.717, 1.165) is 5.69 Å². The lowest BCUT2D eigenvalue weighted by Gasteiger charge is -2.08. The number of rotatable bonds is 4. The van der Waals surface area contributed by atoms with Gasteiger partial charge in [0, 0.05) is 6.20 Å². The Bertz CT molecular complexity index is 255. The van der Waals surface area contributed by atoms with Gasteiger partial charge in [0.05, 0.1) is 25.1 Å². The first-order valence-electron chi connectivity index (χ1n) is 4.07. The molecule has 0 unspecified atom stereocenters. The minimum Gasteiger partial charge on any atom is -0.349 e. The molecule has 0 saturated carbocycles. The van der Waals surface area contributed by atoms with Crippen LogP contribution in [0.5, 0.6) is 0 Å². The fourth-order valence-electron chi connectivity index (χ4n) is 0.918. The van der Waals surface area contributed by atoms with Gasteiger partial charge in [-0.1, -0.05) is 0 Å². The Hall–Kier alpha value is -1.36. The molecule has 0 saturated heterocycles. The second kappa shape index (κ2) is 4.61. The number of imidazole rings is 1. The van der Waals surface area contributed by atoms with Crippen molar-refractivity contribution in [1.29, 1.82) is 0 Å².